The van der Waals surface area contributed by atoms with Gasteiger partial charge < -0.3 is 9.52 Å². The molecule has 0 radical (unpaired) electrons. The number of rotatable bonds is 1. The smallest absolute Gasteiger partial charge is 0.419 e. The van der Waals surface area contributed by atoms with Crippen LogP contribution < -0.4 is 5.76 Å². The van der Waals surface area contributed by atoms with E-state index in [1.807, 2.05) is 4.98 Å². The van der Waals surface area contributed by atoms with Gasteiger partial charge in [-0.15, -0.1) is 0 Å². The molecule has 0 bridgehead atoms. The third-order valence-corrected chi connectivity index (χ3v) is 1.75. The summed E-state index contributed by atoms with van der Waals surface area (Å²) < 4.78 is 17.8. The summed E-state index contributed by atoms with van der Waals surface area (Å²) in [5, 5.41) is 9.19. The molecule has 4 nitrogen and oxygen atoms in total. The van der Waals surface area contributed by atoms with Crippen LogP contribution in [0, 0.1) is 5.82 Å². The molecule has 2 rings (SSSR count). The molecule has 14 heavy (non-hydrogen) atoms. The predicted molar refractivity (Wildman–Crippen MR) is 46.4 cm³/mol. The van der Waals surface area contributed by atoms with Crippen LogP contribution in [0.1, 0.15) is 0 Å². The highest BCUT2D eigenvalue weighted by Gasteiger charge is 2.14. The van der Waals surface area contributed by atoms with Crippen LogP contribution >= 0.6 is 0 Å². The number of aromatic nitrogens is 1. The number of aromatic amines is 1. The van der Waals surface area contributed by atoms with Crippen molar-refractivity contribution in [2.24, 2.45) is 0 Å². The van der Waals surface area contributed by atoms with Gasteiger partial charge in [-0.25, -0.2) is 9.18 Å². The van der Waals surface area contributed by atoms with Gasteiger partial charge in [0.25, 0.3) is 0 Å². The average molecular weight is 195 g/mol. The lowest BCUT2D eigenvalue weighted by Gasteiger charge is -1.97. The Hall–Kier alpha value is -2.04. The van der Waals surface area contributed by atoms with Crippen molar-refractivity contribution in [1.29, 1.82) is 0 Å². The first-order valence-corrected chi connectivity index (χ1v) is 3.85. The Bertz CT molecular complexity index is 515. The zero-order chi connectivity index (χ0) is 10.1. The highest BCUT2D eigenvalue weighted by molar-refractivity contribution is 5.62. The maximum absolute atomic E-state index is 13.2. The molecule has 0 spiro atoms. The summed E-state index contributed by atoms with van der Waals surface area (Å²) in [6.07, 6.45) is 0. The molecule has 0 fully saturated rings. The molecule has 0 aliphatic carbocycles. The third kappa shape index (κ3) is 1.28. The first kappa shape index (κ1) is 8.55. The lowest BCUT2D eigenvalue weighted by molar-refractivity contribution is 0.451. The molecule has 1 aromatic heterocycles. The van der Waals surface area contributed by atoms with E-state index in [9.17, 15) is 14.3 Å². The maximum Gasteiger partial charge on any atom is 0.419 e. The molecule has 0 aliphatic rings. The van der Waals surface area contributed by atoms with E-state index in [-0.39, 0.29) is 11.3 Å². The van der Waals surface area contributed by atoms with Crippen LogP contribution in [-0.2, 0) is 0 Å². The Morgan fingerprint density at radius 2 is 2.07 bits per heavy atom. The third-order valence-electron chi connectivity index (χ3n) is 1.75. The van der Waals surface area contributed by atoms with Gasteiger partial charge in [-0.2, -0.15) is 0 Å². The van der Waals surface area contributed by atoms with E-state index in [1.54, 1.807) is 6.07 Å². The normalized spacial score (nSPS) is 10.4. The molecule has 0 aliphatic heterocycles. The second kappa shape index (κ2) is 3.02. The fourth-order valence-electron chi connectivity index (χ4n) is 1.15. The topological polar surface area (TPSA) is 66.2 Å². The number of benzene rings is 1. The molecule has 0 unspecified atom stereocenters. The Labute approximate surface area is 77.6 Å². The number of hydrogen-bond acceptors (Lipinski definition) is 3. The molecule has 0 saturated carbocycles. The van der Waals surface area contributed by atoms with Crippen molar-refractivity contribution < 1.29 is 13.9 Å². The summed E-state index contributed by atoms with van der Waals surface area (Å²) in [6.45, 7) is 0. The summed E-state index contributed by atoms with van der Waals surface area (Å²) in [5.41, 5.74) is 0.0448. The number of oxazole rings is 1. The van der Waals surface area contributed by atoms with E-state index >= 15 is 0 Å². The predicted octanol–water partition coefficient (Wildman–Crippen LogP) is 1.48. The van der Waals surface area contributed by atoms with Crippen molar-refractivity contribution in [2.45, 2.75) is 0 Å². The summed E-state index contributed by atoms with van der Waals surface area (Å²) in [7, 11) is 0. The van der Waals surface area contributed by atoms with Gasteiger partial charge in [-0.1, -0.05) is 12.1 Å². The van der Waals surface area contributed by atoms with Crippen molar-refractivity contribution in [3.8, 4) is 17.2 Å². The molecular formula is C9H6FNO3. The van der Waals surface area contributed by atoms with Crippen LogP contribution in [-0.4, -0.2) is 10.1 Å². The Balaban J connectivity index is 2.66. The van der Waals surface area contributed by atoms with E-state index in [0.717, 1.165) is 0 Å². The monoisotopic (exact) mass is 195 g/mol. The van der Waals surface area contributed by atoms with Gasteiger partial charge >= 0.3 is 5.76 Å². The highest BCUT2D eigenvalue weighted by atomic mass is 19.1. The Morgan fingerprint density at radius 3 is 2.64 bits per heavy atom. The summed E-state index contributed by atoms with van der Waals surface area (Å²) >= 11 is 0. The van der Waals surface area contributed by atoms with Gasteiger partial charge in [-0.3, -0.25) is 4.98 Å². The second-order valence-corrected chi connectivity index (χ2v) is 2.67. The van der Waals surface area contributed by atoms with Gasteiger partial charge in [0.2, 0.25) is 11.6 Å². The number of aromatic hydroxyl groups is 1. The fraction of sp³-hybridized carbons (Fsp3) is 0. The largest absolute Gasteiger partial charge is 0.492 e. The fourth-order valence-corrected chi connectivity index (χ4v) is 1.15. The molecule has 5 heteroatoms. The lowest BCUT2D eigenvalue weighted by atomic mass is 10.2. The van der Waals surface area contributed by atoms with Gasteiger partial charge in [0, 0.05) is 0 Å². The minimum atomic E-state index is -0.819. The minimum absolute atomic E-state index is 0.0448. The molecule has 2 N–H and O–H groups in total. The quantitative estimate of drug-likeness (QED) is 0.724. The van der Waals surface area contributed by atoms with Crippen molar-refractivity contribution in [1.82, 2.24) is 4.98 Å². The van der Waals surface area contributed by atoms with Gasteiger partial charge in [0.05, 0.1) is 5.56 Å². The van der Waals surface area contributed by atoms with E-state index in [4.69, 9.17) is 0 Å². The van der Waals surface area contributed by atoms with Crippen LogP contribution in [0.3, 0.4) is 0 Å². The first-order valence-electron chi connectivity index (χ1n) is 3.85. The SMILES string of the molecule is O=c1[nH]c(O)c(-c2ccccc2F)o1. The molecule has 0 amide bonds. The van der Waals surface area contributed by atoms with Gasteiger partial charge in [0.1, 0.15) is 5.82 Å². The van der Waals surface area contributed by atoms with Crippen LogP contribution in [0.4, 0.5) is 4.39 Å². The molecule has 0 atom stereocenters. The Morgan fingerprint density at radius 1 is 1.36 bits per heavy atom. The van der Waals surface area contributed by atoms with Crippen LogP contribution in [0.5, 0.6) is 5.88 Å². The summed E-state index contributed by atoms with van der Waals surface area (Å²) in [4.78, 5) is 12.7. The molecular weight excluding hydrogens is 189 g/mol. The Kier molecular flexibility index (Phi) is 1.85. The maximum atomic E-state index is 13.2. The molecule has 2 aromatic rings. The molecule has 1 aromatic carbocycles. The minimum Gasteiger partial charge on any atom is -0.492 e. The van der Waals surface area contributed by atoms with E-state index in [0.29, 0.717) is 0 Å². The highest BCUT2D eigenvalue weighted by Crippen LogP contribution is 2.27. The number of halogens is 1. The first-order chi connectivity index (χ1) is 6.68. The van der Waals surface area contributed by atoms with Crippen LogP contribution in [0.25, 0.3) is 11.3 Å². The molecule has 0 saturated heterocycles. The van der Waals surface area contributed by atoms with Crippen molar-refractivity contribution in [3.05, 3.63) is 40.6 Å². The van der Waals surface area contributed by atoms with Gasteiger partial charge in [0.15, 0.2) is 0 Å². The molecule has 1 heterocycles. The zero-order valence-corrected chi connectivity index (χ0v) is 6.95. The van der Waals surface area contributed by atoms with E-state index in [2.05, 4.69) is 4.42 Å². The van der Waals surface area contributed by atoms with E-state index < -0.39 is 17.5 Å². The molecule has 72 valence electrons. The van der Waals surface area contributed by atoms with Crippen LogP contribution in [0.15, 0.2) is 33.5 Å². The van der Waals surface area contributed by atoms with Crippen molar-refractivity contribution >= 4 is 0 Å². The summed E-state index contributed by atoms with van der Waals surface area (Å²) in [6, 6.07) is 5.69. The van der Waals surface area contributed by atoms with E-state index in [1.165, 1.54) is 18.2 Å². The van der Waals surface area contributed by atoms with Crippen molar-refractivity contribution in [3.63, 3.8) is 0 Å². The zero-order valence-electron chi connectivity index (χ0n) is 6.95. The standard InChI is InChI=1S/C9H6FNO3/c10-6-4-2-1-3-5(6)7-8(12)11-9(13)14-7/h1-4,12H,(H,11,13). The number of nitrogens with one attached hydrogen (secondary N) is 1. The second-order valence-electron chi connectivity index (χ2n) is 2.67. The van der Waals surface area contributed by atoms with Crippen LogP contribution in [0.2, 0.25) is 0 Å². The number of H-pyrrole nitrogens is 1. The van der Waals surface area contributed by atoms with Crippen molar-refractivity contribution in [2.75, 3.05) is 0 Å². The lowest BCUT2D eigenvalue weighted by Crippen LogP contribution is -1.93. The average Bonchev–Trinajstić information content (AvgIpc) is 2.46. The summed E-state index contributed by atoms with van der Waals surface area (Å²) in [5.74, 6) is -2.04. The van der Waals surface area contributed by atoms with Gasteiger partial charge in [-0.05, 0) is 12.1 Å². The number of hydrogen-bond donors (Lipinski definition) is 2.